The summed E-state index contributed by atoms with van der Waals surface area (Å²) >= 11 is 7.17. The molecule has 0 fully saturated rings. The first kappa shape index (κ1) is 15.3. The van der Waals surface area contributed by atoms with E-state index in [-0.39, 0.29) is 11.1 Å². The third kappa shape index (κ3) is 3.31. The molecular weight excluding hydrogens is 299 g/mol. The highest BCUT2D eigenvalue weighted by atomic mass is 35.5. The number of rotatable bonds is 5. The molecule has 0 radical (unpaired) electrons. The van der Waals surface area contributed by atoms with Gasteiger partial charge in [0, 0.05) is 11.8 Å². The Morgan fingerprint density at radius 2 is 2.15 bits per heavy atom. The van der Waals surface area contributed by atoms with Crippen molar-refractivity contribution in [2.24, 2.45) is 5.73 Å². The summed E-state index contributed by atoms with van der Waals surface area (Å²) in [6.45, 7) is 4.45. The van der Waals surface area contributed by atoms with Crippen LogP contribution in [0.5, 0.6) is 0 Å². The molecule has 20 heavy (non-hydrogen) atoms. The van der Waals surface area contributed by atoms with Crippen LogP contribution in [0, 0.1) is 5.82 Å². The number of halogens is 2. The number of nitrogens with zero attached hydrogens (tertiary/aromatic N) is 3. The Balaban J connectivity index is 2.14. The average Bonchev–Trinajstić information content (AvgIpc) is 2.83. The fraction of sp³-hybridized carbons (Fsp3) is 0.385. The van der Waals surface area contributed by atoms with Gasteiger partial charge in [0.2, 0.25) is 0 Å². The zero-order chi connectivity index (χ0) is 14.7. The maximum absolute atomic E-state index is 13.4. The first-order valence-electron chi connectivity index (χ1n) is 6.23. The van der Waals surface area contributed by atoms with Crippen molar-refractivity contribution in [3.8, 4) is 0 Å². The molecule has 2 rings (SSSR count). The second-order valence-electron chi connectivity index (χ2n) is 4.60. The summed E-state index contributed by atoms with van der Waals surface area (Å²) < 4.78 is 15.4. The molecule has 2 N–H and O–H groups in total. The zero-order valence-corrected chi connectivity index (χ0v) is 12.9. The van der Waals surface area contributed by atoms with E-state index in [4.69, 9.17) is 17.3 Å². The lowest BCUT2D eigenvalue weighted by Gasteiger charge is -2.12. The van der Waals surface area contributed by atoms with Crippen molar-refractivity contribution >= 4 is 23.4 Å². The largest absolute Gasteiger partial charge is 0.324 e. The van der Waals surface area contributed by atoms with E-state index in [1.165, 1.54) is 17.8 Å². The molecule has 108 valence electrons. The molecule has 4 nitrogen and oxygen atoms in total. The number of hydrogen-bond acceptors (Lipinski definition) is 4. The van der Waals surface area contributed by atoms with Crippen LogP contribution in [0.25, 0.3) is 0 Å². The molecule has 0 spiro atoms. The van der Waals surface area contributed by atoms with Gasteiger partial charge in [-0.2, -0.15) is 0 Å². The molecule has 0 aliphatic rings. The van der Waals surface area contributed by atoms with E-state index >= 15 is 0 Å². The Morgan fingerprint density at radius 3 is 2.75 bits per heavy atom. The van der Waals surface area contributed by atoms with E-state index in [2.05, 4.69) is 24.0 Å². The Kier molecular flexibility index (Phi) is 5.01. The van der Waals surface area contributed by atoms with Gasteiger partial charge in [-0.25, -0.2) is 4.39 Å². The molecule has 0 saturated carbocycles. The molecule has 0 aliphatic heterocycles. The second kappa shape index (κ2) is 6.56. The van der Waals surface area contributed by atoms with Crippen molar-refractivity contribution in [3.63, 3.8) is 0 Å². The van der Waals surface area contributed by atoms with Crippen LogP contribution in [0.2, 0.25) is 5.02 Å². The van der Waals surface area contributed by atoms with Gasteiger partial charge in [0.15, 0.2) is 5.16 Å². The van der Waals surface area contributed by atoms with Gasteiger partial charge < -0.3 is 10.3 Å². The van der Waals surface area contributed by atoms with Gasteiger partial charge in [-0.1, -0.05) is 29.4 Å². The minimum absolute atomic E-state index is 0.134. The lowest BCUT2D eigenvalue weighted by Crippen LogP contribution is -2.11. The van der Waals surface area contributed by atoms with Crippen molar-refractivity contribution in [2.75, 3.05) is 0 Å². The molecule has 1 aromatic carbocycles. The Hall–Kier alpha value is -1.11. The molecule has 0 bridgehead atoms. The Bertz CT molecular complexity index is 600. The van der Waals surface area contributed by atoms with Crippen LogP contribution in [0.3, 0.4) is 0 Å². The van der Waals surface area contributed by atoms with Gasteiger partial charge in [0.05, 0.1) is 11.6 Å². The van der Waals surface area contributed by atoms with Crippen LogP contribution < -0.4 is 5.73 Å². The van der Waals surface area contributed by atoms with Crippen LogP contribution in [0.4, 0.5) is 4.39 Å². The molecule has 0 atom stereocenters. The molecule has 7 heteroatoms. The van der Waals surface area contributed by atoms with Crippen LogP contribution in [-0.2, 0) is 12.3 Å². The van der Waals surface area contributed by atoms with E-state index in [0.717, 1.165) is 16.5 Å². The van der Waals surface area contributed by atoms with Crippen LogP contribution in [-0.4, -0.2) is 14.8 Å². The smallest absolute Gasteiger partial charge is 0.191 e. The number of hydrogen-bond donors (Lipinski definition) is 1. The third-order valence-corrected chi connectivity index (χ3v) is 4.11. The minimum atomic E-state index is -0.405. The van der Waals surface area contributed by atoms with E-state index in [0.29, 0.717) is 12.3 Å². The topological polar surface area (TPSA) is 56.7 Å². The summed E-state index contributed by atoms with van der Waals surface area (Å²) in [7, 11) is 0. The summed E-state index contributed by atoms with van der Waals surface area (Å²) in [5.41, 5.74) is 6.50. The zero-order valence-electron chi connectivity index (χ0n) is 11.3. The molecule has 0 unspecified atom stereocenters. The lowest BCUT2D eigenvalue weighted by molar-refractivity contribution is 0.526. The summed E-state index contributed by atoms with van der Waals surface area (Å²) in [6.07, 6.45) is 0. The van der Waals surface area contributed by atoms with Gasteiger partial charge in [-0.15, -0.1) is 10.2 Å². The molecule has 0 saturated heterocycles. The van der Waals surface area contributed by atoms with Crippen LogP contribution >= 0.6 is 23.4 Å². The van der Waals surface area contributed by atoms with E-state index in [9.17, 15) is 4.39 Å². The highest BCUT2D eigenvalue weighted by Gasteiger charge is 2.14. The normalized spacial score (nSPS) is 11.3. The minimum Gasteiger partial charge on any atom is -0.324 e. The van der Waals surface area contributed by atoms with Gasteiger partial charge in [0.25, 0.3) is 0 Å². The van der Waals surface area contributed by atoms with Crippen molar-refractivity contribution in [1.29, 1.82) is 0 Å². The second-order valence-corrected chi connectivity index (χ2v) is 5.95. The maximum Gasteiger partial charge on any atom is 0.191 e. The summed E-state index contributed by atoms with van der Waals surface area (Å²) in [5, 5.41) is 9.13. The lowest BCUT2D eigenvalue weighted by atomic mass is 10.2. The third-order valence-electron chi connectivity index (χ3n) is 2.79. The van der Waals surface area contributed by atoms with Gasteiger partial charge in [-0.3, -0.25) is 0 Å². The molecule has 0 amide bonds. The Morgan fingerprint density at radius 1 is 1.40 bits per heavy atom. The van der Waals surface area contributed by atoms with Crippen LogP contribution in [0.1, 0.15) is 31.3 Å². The van der Waals surface area contributed by atoms with Crippen molar-refractivity contribution < 1.29 is 4.39 Å². The summed E-state index contributed by atoms with van der Waals surface area (Å²) in [6, 6.07) is 5.03. The van der Waals surface area contributed by atoms with Crippen molar-refractivity contribution in [1.82, 2.24) is 14.8 Å². The van der Waals surface area contributed by atoms with Gasteiger partial charge in [0.1, 0.15) is 11.6 Å². The number of nitrogens with two attached hydrogens (primary N) is 1. The van der Waals surface area contributed by atoms with E-state index in [1.807, 2.05) is 4.57 Å². The molecule has 0 aliphatic carbocycles. The summed E-state index contributed by atoms with van der Waals surface area (Å²) in [5.74, 6) is 0.950. The molecular formula is C13H16ClFN4S. The Labute approximate surface area is 126 Å². The molecule has 1 heterocycles. The molecule has 2 aromatic rings. The quantitative estimate of drug-likeness (QED) is 0.859. The van der Waals surface area contributed by atoms with Gasteiger partial charge >= 0.3 is 0 Å². The highest BCUT2D eigenvalue weighted by Crippen LogP contribution is 2.26. The first-order valence-corrected chi connectivity index (χ1v) is 7.60. The fourth-order valence-corrected chi connectivity index (χ4v) is 2.99. The predicted molar refractivity (Wildman–Crippen MR) is 79.3 cm³/mol. The van der Waals surface area contributed by atoms with Crippen molar-refractivity contribution in [2.45, 2.75) is 37.3 Å². The predicted octanol–water partition coefficient (Wildman–Crippen LogP) is 3.40. The fourth-order valence-electron chi connectivity index (χ4n) is 1.84. The number of thioether (sulfide) groups is 1. The number of benzene rings is 1. The first-order chi connectivity index (χ1) is 9.52. The average molecular weight is 315 g/mol. The highest BCUT2D eigenvalue weighted by molar-refractivity contribution is 7.98. The van der Waals surface area contributed by atoms with E-state index < -0.39 is 5.82 Å². The van der Waals surface area contributed by atoms with Crippen LogP contribution in [0.15, 0.2) is 23.4 Å². The monoisotopic (exact) mass is 314 g/mol. The maximum atomic E-state index is 13.4. The van der Waals surface area contributed by atoms with Crippen molar-refractivity contribution in [3.05, 3.63) is 40.4 Å². The number of aromatic nitrogens is 3. The standard InChI is InChI=1S/C13H16ClFN4S/c1-8(2)19-12(6-16)17-18-13(19)20-7-9-3-4-10(14)11(15)5-9/h3-5,8H,6-7,16H2,1-2H3. The van der Waals surface area contributed by atoms with E-state index in [1.54, 1.807) is 12.1 Å². The SMILES string of the molecule is CC(C)n1c(CN)nnc1SCc1ccc(Cl)c(F)c1. The molecule has 1 aromatic heterocycles. The van der Waals surface area contributed by atoms with Gasteiger partial charge in [-0.05, 0) is 31.5 Å². The summed E-state index contributed by atoms with van der Waals surface area (Å²) in [4.78, 5) is 0.